The van der Waals surface area contributed by atoms with Crippen LogP contribution in [0.3, 0.4) is 0 Å². The maximum absolute atomic E-state index is 12.1. The third-order valence-electron chi connectivity index (χ3n) is 4.32. The predicted octanol–water partition coefficient (Wildman–Crippen LogP) is 2.58. The fourth-order valence-corrected chi connectivity index (χ4v) is 3.02. The third kappa shape index (κ3) is 4.59. The van der Waals surface area contributed by atoms with Crippen LogP contribution in [0.1, 0.15) is 24.0 Å². The lowest BCUT2D eigenvalue weighted by Gasteiger charge is -2.16. The Balaban J connectivity index is 1.48. The summed E-state index contributed by atoms with van der Waals surface area (Å²) in [6.45, 7) is 0. The topological polar surface area (TPSA) is 75.6 Å². The third-order valence-corrected chi connectivity index (χ3v) is 4.32. The number of carboxylic acids is 1. The average Bonchev–Trinajstić information content (AvgIpc) is 3.03. The highest BCUT2D eigenvalue weighted by Gasteiger charge is 2.24. The van der Waals surface area contributed by atoms with Crippen LogP contribution in [0.15, 0.2) is 54.6 Å². The molecule has 0 saturated carbocycles. The van der Waals surface area contributed by atoms with Crippen molar-refractivity contribution in [3.8, 4) is 5.75 Å². The number of aliphatic carboxylic acids is 1. The smallest absolute Gasteiger partial charge is 0.326 e. The maximum Gasteiger partial charge on any atom is 0.326 e. The van der Waals surface area contributed by atoms with Crippen LogP contribution in [0.5, 0.6) is 5.75 Å². The predicted molar refractivity (Wildman–Crippen MR) is 93.5 cm³/mol. The molecule has 0 aromatic heterocycles. The molecule has 2 aromatic carbocycles. The Bertz CT molecular complexity index is 719. The van der Waals surface area contributed by atoms with E-state index in [1.165, 1.54) is 0 Å². The highest BCUT2D eigenvalue weighted by molar-refractivity contribution is 5.83. The highest BCUT2D eigenvalue weighted by atomic mass is 16.5. The number of ether oxygens (including phenoxy) is 1. The summed E-state index contributed by atoms with van der Waals surface area (Å²) >= 11 is 0. The summed E-state index contributed by atoms with van der Waals surface area (Å²) in [5, 5.41) is 12.0. The molecule has 1 heterocycles. The largest absolute Gasteiger partial charge is 0.490 e. The van der Waals surface area contributed by atoms with Crippen LogP contribution in [0, 0.1) is 0 Å². The Morgan fingerprint density at radius 1 is 1.12 bits per heavy atom. The van der Waals surface area contributed by atoms with Gasteiger partial charge >= 0.3 is 5.97 Å². The Morgan fingerprint density at radius 3 is 2.56 bits per heavy atom. The zero-order valence-electron chi connectivity index (χ0n) is 13.9. The fraction of sp³-hybridized carbons (Fsp3) is 0.300. The van der Waals surface area contributed by atoms with Crippen LogP contribution in [-0.2, 0) is 22.4 Å². The van der Waals surface area contributed by atoms with E-state index in [1.807, 2.05) is 54.6 Å². The minimum absolute atomic E-state index is 0.0273. The average molecular weight is 339 g/mol. The van der Waals surface area contributed by atoms with Crippen molar-refractivity contribution >= 4 is 11.9 Å². The van der Waals surface area contributed by atoms with Crippen molar-refractivity contribution in [2.75, 3.05) is 0 Å². The lowest BCUT2D eigenvalue weighted by atomic mass is 10.0. The number of hydrogen-bond acceptors (Lipinski definition) is 3. The van der Waals surface area contributed by atoms with Crippen molar-refractivity contribution < 1.29 is 19.4 Å². The molecule has 0 radical (unpaired) electrons. The number of fused-ring (bicyclic) bond motifs is 1. The van der Waals surface area contributed by atoms with Crippen LogP contribution >= 0.6 is 0 Å². The number of carboxylic acid groups (broad SMARTS) is 1. The Kier molecular flexibility index (Phi) is 5.33. The molecule has 130 valence electrons. The van der Waals surface area contributed by atoms with Crippen LogP contribution in [0.25, 0.3) is 0 Å². The van der Waals surface area contributed by atoms with Gasteiger partial charge in [0.05, 0.1) is 0 Å². The number of amides is 1. The summed E-state index contributed by atoms with van der Waals surface area (Å²) in [5.74, 6) is -0.412. The van der Waals surface area contributed by atoms with E-state index >= 15 is 0 Å². The molecule has 1 amide bonds. The lowest BCUT2D eigenvalue weighted by molar-refractivity contribution is -0.141. The SMILES string of the molecule is O=C(CCC1Cc2ccccc2O1)N[C@@H](Cc1ccccc1)C(=O)O. The first-order valence-electron chi connectivity index (χ1n) is 8.42. The first kappa shape index (κ1) is 17.0. The zero-order valence-corrected chi connectivity index (χ0v) is 13.9. The number of rotatable bonds is 7. The summed E-state index contributed by atoms with van der Waals surface area (Å²) < 4.78 is 5.81. The van der Waals surface area contributed by atoms with Gasteiger partial charge in [-0.05, 0) is 23.6 Å². The molecule has 3 rings (SSSR count). The van der Waals surface area contributed by atoms with Crippen molar-refractivity contribution in [3.05, 3.63) is 65.7 Å². The van der Waals surface area contributed by atoms with E-state index in [0.29, 0.717) is 6.42 Å². The van der Waals surface area contributed by atoms with E-state index in [-0.39, 0.29) is 24.9 Å². The summed E-state index contributed by atoms with van der Waals surface area (Å²) in [6, 6.07) is 16.2. The molecule has 0 bridgehead atoms. The molecule has 0 fully saturated rings. The lowest BCUT2D eigenvalue weighted by Crippen LogP contribution is -2.42. The van der Waals surface area contributed by atoms with E-state index in [9.17, 15) is 14.7 Å². The van der Waals surface area contributed by atoms with Gasteiger partial charge in [-0.1, -0.05) is 48.5 Å². The molecule has 0 saturated heterocycles. The monoisotopic (exact) mass is 339 g/mol. The van der Waals surface area contributed by atoms with E-state index in [2.05, 4.69) is 5.32 Å². The van der Waals surface area contributed by atoms with Gasteiger partial charge in [0.15, 0.2) is 0 Å². The van der Waals surface area contributed by atoms with Crippen LogP contribution in [-0.4, -0.2) is 29.1 Å². The molecule has 2 atom stereocenters. The van der Waals surface area contributed by atoms with Crippen LogP contribution < -0.4 is 10.1 Å². The van der Waals surface area contributed by atoms with Gasteiger partial charge in [0, 0.05) is 19.3 Å². The number of carbonyl (C=O) groups excluding carboxylic acids is 1. The Labute approximate surface area is 146 Å². The molecular weight excluding hydrogens is 318 g/mol. The molecule has 1 unspecified atom stereocenters. The van der Waals surface area contributed by atoms with Crippen LogP contribution in [0.4, 0.5) is 0 Å². The second kappa shape index (κ2) is 7.83. The first-order valence-corrected chi connectivity index (χ1v) is 8.42. The molecule has 2 aromatic rings. The molecule has 0 spiro atoms. The summed E-state index contributed by atoms with van der Waals surface area (Å²) in [6.07, 6.45) is 1.85. The first-order chi connectivity index (χ1) is 12.1. The zero-order chi connectivity index (χ0) is 17.6. The van der Waals surface area contributed by atoms with Crippen molar-refractivity contribution in [3.63, 3.8) is 0 Å². The second-order valence-corrected chi connectivity index (χ2v) is 6.24. The molecule has 1 aliphatic rings. The maximum atomic E-state index is 12.1. The molecule has 25 heavy (non-hydrogen) atoms. The van der Waals surface area contributed by atoms with Gasteiger partial charge in [-0.3, -0.25) is 4.79 Å². The number of carbonyl (C=O) groups is 2. The fourth-order valence-electron chi connectivity index (χ4n) is 3.02. The molecular formula is C20H21NO4. The van der Waals surface area contributed by atoms with Gasteiger partial charge in [-0.15, -0.1) is 0 Å². The van der Waals surface area contributed by atoms with Crippen LogP contribution in [0.2, 0.25) is 0 Å². The normalized spacial score (nSPS) is 16.6. The van der Waals surface area contributed by atoms with Gasteiger partial charge in [0.1, 0.15) is 17.9 Å². The van der Waals surface area contributed by atoms with Gasteiger partial charge in [0.2, 0.25) is 5.91 Å². The minimum atomic E-state index is -1.03. The second-order valence-electron chi connectivity index (χ2n) is 6.24. The van der Waals surface area contributed by atoms with Crippen molar-refractivity contribution in [1.82, 2.24) is 5.32 Å². The number of nitrogens with one attached hydrogen (secondary N) is 1. The van der Waals surface area contributed by atoms with Gasteiger partial charge in [-0.25, -0.2) is 4.79 Å². The Hall–Kier alpha value is -2.82. The molecule has 2 N–H and O–H groups in total. The summed E-state index contributed by atoms with van der Waals surface area (Å²) in [4.78, 5) is 23.6. The van der Waals surface area contributed by atoms with Crippen molar-refractivity contribution in [2.45, 2.75) is 37.8 Å². The number of benzene rings is 2. The molecule has 5 nitrogen and oxygen atoms in total. The Morgan fingerprint density at radius 2 is 1.84 bits per heavy atom. The molecule has 1 aliphatic heterocycles. The number of hydrogen-bond donors (Lipinski definition) is 2. The molecule has 0 aliphatic carbocycles. The quantitative estimate of drug-likeness (QED) is 0.813. The van der Waals surface area contributed by atoms with Gasteiger partial charge in [-0.2, -0.15) is 0 Å². The van der Waals surface area contributed by atoms with Crippen molar-refractivity contribution in [1.29, 1.82) is 0 Å². The van der Waals surface area contributed by atoms with Gasteiger partial charge in [0.25, 0.3) is 0 Å². The minimum Gasteiger partial charge on any atom is -0.490 e. The summed E-state index contributed by atoms with van der Waals surface area (Å²) in [7, 11) is 0. The standard InChI is InChI=1S/C20H21NO4/c22-19(11-10-16-13-15-8-4-5-9-18(15)25-16)21-17(20(23)24)12-14-6-2-1-3-7-14/h1-9,16-17H,10-13H2,(H,21,22)(H,23,24)/t16?,17-/m0/s1. The van der Waals surface area contributed by atoms with E-state index in [1.54, 1.807) is 0 Å². The number of para-hydroxylation sites is 1. The van der Waals surface area contributed by atoms with E-state index < -0.39 is 12.0 Å². The van der Waals surface area contributed by atoms with E-state index in [0.717, 1.165) is 23.3 Å². The molecule has 5 heteroatoms. The van der Waals surface area contributed by atoms with Gasteiger partial charge < -0.3 is 15.2 Å². The summed E-state index contributed by atoms with van der Waals surface area (Å²) in [5.41, 5.74) is 2.03. The van der Waals surface area contributed by atoms with E-state index in [4.69, 9.17) is 4.74 Å². The highest BCUT2D eigenvalue weighted by Crippen LogP contribution is 2.29. The van der Waals surface area contributed by atoms with Crippen molar-refractivity contribution in [2.24, 2.45) is 0 Å².